The lowest BCUT2D eigenvalue weighted by Gasteiger charge is -2.28. The SMILES string of the molecule is CNC(=O)[C@H](Cc1ccccc1)NC(=O)[C@H](CC(C)C)NC(CCS(C)(=O)=O)P(=O)(O)O. The zero-order valence-corrected chi connectivity index (χ0v) is 20.5. The number of hydrogen-bond donors (Lipinski definition) is 5. The van der Waals surface area contributed by atoms with Gasteiger partial charge in [0.15, 0.2) is 0 Å². The van der Waals surface area contributed by atoms with Gasteiger partial charge in [-0.2, -0.15) is 0 Å². The maximum atomic E-state index is 13.0. The van der Waals surface area contributed by atoms with Crippen LogP contribution in [-0.4, -0.2) is 66.9 Å². The van der Waals surface area contributed by atoms with E-state index in [2.05, 4.69) is 16.0 Å². The van der Waals surface area contributed by atoms with Crippen molar-refractivity contribution < 1.29 is 32.4 Å². The molecule has 12 heteroatoms. The van der Waals surface area contributed by atoms with Gasteiger partial charge in [-0.3, -0.25) is 19.5 Å². The van der Waals surface area contributed by atoms with E-state index in [1.807, 2.05) is 44.2 Å². The smallest absolute Gasteiger partial charge is 0.342 e. The molecule has 0 saturated carbocycles. The summed E-state index contributed by atoms with van der Waals surface area (Å²) in [7, 11) is -6.76. The molecule has 0 aliphatic carbocycles. The minimum Gasteiger partial charge on any atom is -0.357 e. The van der Waals surface area contributed by atoms with Crippen LogP contribution in [0, 0.1) is 5.92 Å². The lowest BCUT2D eigenvalue weighted by atomic mass is 10.0. The largest absolute Gasteiger partial charge is 0.357 e. The molecule has 0 spiro atoms. The Hall–Kier alpha value is -1.78. The summed E-state index contributed by atoms with van der Waals surface area (Å²) in [5, 5.41) is 7.83. The van der Waals surface area contributed by atoms with E-state index < -0.39 is 52.9 Å². The van der Waals surface area contributed by atoms with Gasteiger partial charge in [0, 0.05) is 19.7 Å². The molecule has 0 aliphatic rings. The van der Waals surface area contributed by atoms with Crippen LogP contribution < -0.4 is 16.0 Å². The van der Waals surface area contributed by atoms with Gasteiger partial charge in [-0.1, -0.05) is 44.2 Å². The quantitative estimate of drug-likeness (QED) is 0.248. The van der Waals surface area contributed by atoms with Crippen molar-refractivity contribution in [2.75, 3.05) is 19.1 Å². The molecule has 182 valence electrons. The lowest BCUT2D eigenvalue weighted by molar-refractivity contribution is -0.130. The Bertz CT molecular complexity index is 903. The van der Waals surface area contributed by atoms with Crippen LogP contribution in [0.15, 0.2) is 30.3 Å². The van der Waals surface area contributed by atoms with Crippen molar-refractivity contribution in [2.24, 2.45) is 5.92 Å². The predicted molar refractivity (Wildman–Crippen MR) is 123 cm³/mol. The molecule has 32 heavy (non-hydrogen) atoms. The third-order valence-electron chi connectivity index (χ3n) is 4.75. The fourth-order valence-corrected chi connectivity index (χ4v) is 4.81. The first kappa shape index (κ1) is 28.3. The van der Waals surface area contributed by atoms with E-state index in [9.17, 15) is 32.4 Å². The van der Waals surface area contributed by atoms with Crippen LogP contribution in [0.2, 0.25) is 0 Å². The average Bonchev–Trinajstić information content (AvgIpc) is 2.67. The predicted octanol–water partition coefficient (Wildman–Crippen LogP) is 0.403. The van der Waals surface area contributed by atoms with Crippen molar-refractivity contribution in [1.82, 2.24) is 16.0 Å². The topological polar surface area (TPSA) is 162 Å². The van der Waals surface area contributed by atoms with Crippen molar-refractivity contribution in [3.8, 4) is 0 Å². The second-order valence-electron chi connectivity index (χ2n) is 8.24. The molecule has 1 aromatic carbocycles. The van der Waals surface area contributed by atoms with Crippen LogP contribution in [0.25, 0.3) is 0 Å². The van der Waals surface area contributed by atoms with Gasteiger partial charge >= 0.3 is 7.60 Å². The third-order valence-corrected chi connectivity index (χ3v) is 6.94. The number of benzene rings is 1. The molecule has 0 aliphatic heterocycles. The second kappa shape index (κ2) is 12.5. The summed E-state index contributed by atoms with van der Waals surface area (Å²) in [4.78, 5) is 44.8. The Morgan fingerprint density at radius 3 is 2.12 bits per heavy atom. The van der Waals surface area contributed by atoms with E-state index in [1.54, 1.807) is 0 Å². The first-order valence-electron chi connectivity index (χ1n) is 10.3. The van der Waals surface area contributed by atoms with Gasteiger partial charge in [-0.15, -0.1) is 0 Å². The highest BCUT2D eigenvalue weighted by molar-refractivity contribution is 7.90. The van der Waals surface area contributed by atoms with Gasteiger partial charge in [-0.25, -0.2) is 8.42 Å². The third kappa shape index (κ3) is 10.7. The molecular weight excluding hydrogens is 457 g/mol. The monoisotopic (exact) mass is 491 g/mol. The van der Waals surface area contributed by atoms with Crippen LogP contribution in [0.1, 0.15) is 32.3 Å². The zero-order valence-electron chi connectivity index (χ0n) is 18.8. The van der Waals surface area contributed by atoms with E-state index in [1.165, 1.54) is 7.05 Å². The van der Waals surface area contributed by atoms with Crippen molar-refractivity contribution in [3.05, 3.63) is 35.9 Å². The standard InChI is InChI=1S/C20H34N3O7PS/c1-14(2)12-16(22-18(31(26,27)28)10-11-32(4,29)30)20(25)23-17(19(24)21-3)13-15-8-6-5-7-9-15/h5-9,14,16-18,22H,10-13H2,1-4H3,(H,21,24)(H,23,25)(H2,26,27,28)/t16-,17-,18?/m0/s1. The zero-order chi connectivity index (χ0) is 24.5. The van der Waals surface area contributed by atoms with Crippen LogP contribution in [0.4, 0.5) is 0 Å². The Morgan fingerprint density at radius 2 is 1.66 bits per heavy atom. The number of carbonyl (C=O) groups is 2. The summed E-state index contributed by atoms with van der Waals surface area (Å²) in [5.41, 5.74) is 0.830. The van der Waals surface area contributed by atoms with Crippen LogP contribution in [-0.2, 0) is 30.4 Å². The average molecular weight is 492 g/mol. The highest BCUT2D eigenvalue weighted by Crippen LogP contribution is 2.42. The van der Waals surface area contributed by atoms with Crippen molar-refractivity contribution >= 4 is 29.2 Å². The fraction of sp³-hybridized carbons (Fsp3) is 0.600. The highest BCUT2D eigenvalue weighted by atomic mass is 32.2. The van der Waals surface area contributed by atoms with Gasteiger partial charge in [0.1, 0.15) is 21.7 Å². The molecule has 1 aromatic rings. The van der Waals surface area contributed by atoms with Crippen molar-refractivity contribution in [1.29, 1.82) is 0 Å². The number of carbonyl (C=O) groups excluding carboxylic acids is 2. The summed E-state index contributed by atoms with van der Waals surface area (Å²) in [6.45, 7) is 3.68. The minimum absolute atomic E-state index is 0.0156. The molecule has 1 rings (SSSR count). The summed E-state index contributed by atoms with van der Waals surface area (Å²) < 4.78 is 34.9. The number of likely N-dealkylation sites (N-methyl/N-ethyl adjacent to an activating group) is 1. The maximum Gasteiger partial charge on any atom is 0.342 e. The number of hydrogen-bond acceptors (Lipinski definition) is 6. The maximum absolute atomic E-state index is 13.0. The molecule has 0 fully saturated rings. The Balaban J connectivity index is 3.06. The molecule has 0 saturated heterocycles. The summed E-state index contributed by atoms with van der Waals surface area (Å²) in [6, 6.07) is 7.17. The van der Waals surface area contributed by atoms with Gasteiger partial charge < -0.3 is 20.4 Å². The molecule has 0 radical (unpaired) electrons. The van der Waals surface area contributed by atoms with Gasteiger partial charge in [0.25, 0.3) is 0 Å². The van der Waals surface area contributed by atoms with Gasteiger partial charge in [0.05, 0.1) is 11.8 Å². The highest BCUT2D eigenvalue weighted by Gasteiger charge is 2.35. The minimum atomic E-state index is -4.75. The number of sulfone groups is 1. The summed E-state index contributed by atoms with van der Waals surface area (Å²) in [5.74, 6) is -2.98. The molecule has 0 aromatic heterocycles. The lowest BCUT2D eigenvalue weighted by Crippen LogP contribution is -2.55. The number of rotatable bonds is 13. The number of nitrogens with one attached hydrogen (secondary N) is 3. The first-order chi connectivity index (χ1) is 14.7. The van der Waals surface area contributed by atoms with E-state index in [4.69, 9.17) is 0 Å². The fourth-order valence-electron chi connectivity index (χ4n) is 3.13. The molecule has 0 bridgehead atoms. The molecular formula is C20H34N3O7PS. The second-order valence-corrected chi connectivity index (χ2v) is 12.3. The molecule has 0 heterocycles. The summed E-state index contributed by atoms with van der Waals surface area (Å²) in [6.07, 6.45) is 1.08. The Labute approximate surface area is 189 Å². The van der Waals surface area contributed by atoms with Crippen molar-refractivity contribution in [2.45, 2.75) is 51.0 Å². The van der Waals surface area contributed by atoms with E-state index in [-0.39, 0.29) is 25.2 Å². The van der Waals surface area contributed by atoms with E-state index >= 15 is 0 Å². The Kier molecular flexibility index (Phi) is 11.0. The van der Waals surface area contributed by atoms with Crippen LogP contribution >= 0.6 is 7.60 Å². The van der Waals surface area contributed by atoms with Crippen LogP contribution in [0.3, 0.4) is 0 Å². The van der Waals surface area contributed by atoms with E-state index in [0.717, 1.165) is 11.8 Å². The van der Waals surface area contributed by atoms with Crippen molar-refractivity contribution in [3.63, 3.8) is 0 Å². The molecule has 2 amide bonds. The van der Waals surface area contributed by atoms with Gasteiger partial charge in [-0.05, 0) is 24.3 Å². The normalized spacial score (nSPS) is 15.1. The molecule has 10 nitrogen and oxygen atoms in total. The molecule has 1 unspecified atom stereocenters. The molecule has 3 atom stereocenters. The van der Waals surface area contributed by atoms with E-state index in [0.29, 0.717) is 0 Å². The first-order valence-corrected chi connectivity index (χ1v) is 14.0. The molecule has 5 N–H and O–H groups in total. The number of amides is 2. The Morgan fingerprint density at radius 1 is 1.06 bits per heavy atom. The van der Waals surface area contributed by atoms with Gasteiger partial charge in [0.2, 0.25) is 11.8 Å². The summed E-state index contributed by atoms with van der Waals surface area (Å²) >= 11 is 0. The van der Waals surface area contributed by atoms with Crippen LogP contribution in [0.5, 0.6) is 0 Å².